The number of anilines is 1. The molecule has 0 saturated carbocycles. The molecule has 0 spiro atoms. The van der Waals surface area contributed by atoms with Crippen molar-refractivity contribution in [2.75, 3.05) is 5.32 Å². The highest BCUT2D eigenvalue weighted by Gasteiger charge is 2.09. The average molecular weight is 223 g/mol. The molecule has 0 radical (unpaired) electrons. The molecule has 5 nitrogen and oxygen atoms in total. The number of aromatic amines is 1. The van der Waals surface area contributed by atoms with Crippen LogP contribution in [0.5, 0.6) is 0 Å². The van der Waals surface area contributed by atoms with Crippen molar-refractivity contribution >= 4 is 16.7 Å². The van der Waals surface area contributed by atoms with Crippen molar-refractivity contribution in [1.29, 1.82) is 0 Å². The molecule has 0 amide bonds. The number of nitrogens with zero attached hydrogens (tertiary/aromatic N) is 3. The van der Waals surface area contributed by atoms with E-state index in [1.807, 2.05) is 13.1 Å². The number of nitrogens with one attached hydrogen (secondary N) is 2. The highest BCUT2D eigenvalue weighted by atomic mass is 32.1. The molecule has 2 rings (SSSR count). The van der Waals surface area contributed by atoms with Crippen LogP contribution in [-0.2, 0) is 6.42 Å². The molecule has 2 aromatic heterocycles. The molecule has 80 valence electrons. The van der Waals surface area contributed by atoms with Crippen molar-refractivity contribution in [3.8, 4) is 0 Å². The minimum atomic E-state index is 0.196. The maximum absolute atomic E-state index is 4.34. The van der Waals surface area contributed by atoms with E-state index < -0.39 is 0 Å². The zero-order valence-electron chi connectivity index (χ0n) is 8.69. The first-order chi connectivity index (χ1) is 7.29. The van der Waals surface area contributed by atoms with Gasteiger partial charge in [0.25, 0.3) is 0 Å². The monoisotopic (exact) mass is 223 g/mol. The van der Waals surface area contributed by atoms with E-state index in [1.54, 1.807) is 6.20 Å². The molecule has 0 bridgehead atoms. The predicted molar refractivity (Wildman–Crippen MR) is 59.9 cm³/mol. The first-order valence-corrected chi connectivity index (χ1v) is 5.64. The quantitative estimate of drug-likeness (QED) is 0.832. The van der Waals surface area contributed by atoms with E-state index in [2.05, 4.69) is 31.8 Å². The molecule has 1 atom stereocenters. The van der Waals surface area contributed by atoms with Crippen LogP contribution in [0.2, 0.25) is 0 Å². The third-order valence-electron chi connectivity index (χ3n) is 2.14. The van der Waals surface area contributed by atoms with Gasteiger partial charge >= 0.3 is 0 Å². The fraction of sp³-hybridized carbons (Fsp3) is 0.444. The lowest BCUT2D eigenvalue weighted by molar-refractivity contribution is 0.877. The first kappa shape index (κ1) is 10.1. The molecule has 6 heteroatoms. The van der Waals surface area contributed by atoms with Gasteiger partial charge in [-0.2, -0.15) is 9.47 Å². The Hall–Kier alpha value is -1.43. The van der Waals surface area contributed by atoms with Gasteiger partial charge in [0, 0.05) is 29.7 Å². The molecule has 0 aromatic carbocycles. The Bertz CT molecular complexity index is 408. The summed E-state index contributed by atoms with van der Waals surface area (Å²) in [5, 5.41) is 10.8. The van der Waals surface area contributed by atoms with Gasteiger partial charge in [0.05, 0.1) is 12.2 Å². The van der Waals surface area contributed by atoms with Gasteiger partial charge < -0.3 is 5.32 Å². The zero-order chi connectivity index (χ0) is 10.7. The van der Waals surface area contributed by atoms with E-state index in [0.29, 0.717) is 0 Å². The minimum absolute atomic E-state index is 0.196. The lowest BCUT2D eigenvalue weighted by Gasteiger charge is -2.09. The summed E-state index contributed by atoms with van der Waals surface area (Å²) in [5.74, 6) is 0.891. The fourth-order valence-corrected chi connectivity index (χ4v) is 1.96. The Morgan fingerprint density at radius 1 is 1.60 bits per heavy atom. The number of hydrogen-bond acceptors (Lipinski definition) is 5. The van der Waals surface area contributed by atoms with Crippen LogP contribution in [0.1, 0.15) is 31.3 Å². The summed E-state index contributed by atoms with van der Waals surface area (Å²) in [7, 11) is 0. The van der Waals surface area contributed by atoms with Gasteiger partial charge in [-0.25, -0.2) is 4.98 Å². The van der Waals surface area contributed by atoms with Crippen molar-refractivity contribution in [3.05, 3.63) is 23.8 Å². The first-order valence-electron chi connectivity index (χ1n) is 4.87. The van der Waals surface area contributed by atoms with E-state index in [-0.39, 0.29) is 6.04 Å². The zero-order valence-corrected chi connectivity index (χ0v) is 9.51. The van der Waals surface area contributed by atoms with Gasteiger partial charge in [-0.05, 0) is 6.92 Å². The third-order valence-corrected chi connectivity index (χ3v) is 2.83. The SMILES string of the molecule is CCc1nsc(NC(C)c2cn[nH]c2)n1. The lowest BCUT2D eigenvalue weighted by atomic mass is 10.2. The molecule has 2 heterocycles. The second-order valence-corrected chi connectivity index (χ2v) is 4.02. The summed E-state index contributed by atoms with van der Waals surface area (Å²) >= 11 is 1.40. The Morgan fingerprint density at radius 2 is 2.47 bits per heavy atom. The van der Waals surface area contributed by atoms with Crippen molar-refractivity contribution < 1.29 is 0 Å². The van der Waals surface area contributed by atoms with E-state index in [9.17, 15) is 0 Å². The van der Waals surface area contributed by atoms with Crippen molar-refractivity contribution in [2.45, 2.75) is 26.3 Å². The molecule has 0 saturated heterocycles. The number of hydrogen-bond donors (Lipinski definition) is 2. The second kappa shape index (κ2) is 4.39. The molecule has 15 heavy (non-hydrogen) atoms. The lowest BCUT2D eigenvalue weighted by Crippen LogP contribution is -2.05. The smallest absolute Gasteiger partial charge is 0.203 e. The van der Waals surface area contributed by atoms with E-state index in [4.69, 9.17) is 0 Å². The highest BCUT2D eigenvalue weighted by molar-refractivity contribution is 7.09. The summed E-state index contributed by atoms with van der Waals surface area (Å²) in [4.78, 5) is 4.34. The van der Waals surface area contributed by atoms with E-state index >= 15 is 0 Å². The molecule has 0 aliphatic carbocycles. The standard InChI is InChI=1S/C9H13N5S/c1-3-8-13-9(15-14-8)12-6(2)7-4-10-11-5-7/h4-6H,3H2,1-2H3,(H,10,11)(H,12,13,14). The normalized spacial score (nSPS) is 12.7. The molecule has 1 unspecified atom stereocenters. The van der Waals surface area contributed by atoms with Crippen molar-refractivity contribution in [3.63, 3.8) is 0 Å². The molecule has 2 aromatic rings. The van der Waals surface area contributed by atoms with Crippen LogP contribution in [0.25, 0.3) is 0 Å². The topological polar surface area (TPSA) is 66.5 Å². The molecular formula is C9H13N5S. The van der Waals surface area contributed by atoms with E-state index in [1.165, 1.54) is 11.5 Å². The average Bonchev–Trinajstić information content (AvgIpc) is 2.87. The molecular weight excluding hydrogens is 210 g/mol. The number of H-pyrrole nitrogens is 1. The van der Waals surface area contributed by atoms with E-state index in [0.717, 1.165) is 22.9 Å². The van der Waals surface area contributed by atoms with Crippen LogP contribution in [0.3, 0.4) is 0 Å². The Morgan fingerprint density at radius 3 is 3.07 bits per heavy atom. The van der Waals surface area contributed by atoms with Crippen LogP contribution >= 0.6 is 11.5 Å². The Kier molecular flexibility index (Phi) is 2.96. The predicted octanol–water partition coefficient (Wildman–Crippen LogP) is 2.00. The Balaban J connectivity index is 2.02. The summed E-state index contributed by atoms with van der Waals surface area (Å²) in [6.45, 7) is 4.11. The van der Waals surface area contributed by atoms with Crippen molar-refractivity contribution in [2.24, 2.45) is 0 Å². The molecule has 0 aliphatic rings. The van der Waals surface area contributed by atoms with Crippen LogP contribution in [0.4, 0.5) is 5.13 Å². The highest BCUT2D eigenvalue weighted by Crippen LogP contribution is 2.19. The van der Waals surface area contributed by atoms with Crippen LogP contribution in [0.15, 0.2) is 12.4 Å². The van der Waals surface area contributed by atoms with Crippen LogP contribution in [-0.4, -0.2) is 19.6 Å². The van der Waals surface area contributed by atoms with Gasteiger partial charge in [-0.15, -0.1) is 0 Å². The largest absolute Gasteiger partial charge is 0.354 e. The van der Waals surface area contributed by atoms with Crippen molar-refractivity contribution in [1.82, 2.24) is 19.6 Å². The minimum Gasteiger partial charge on any atom is -0.354 e. The third kappa shape index (κ3) is 2.33. The van der Waals surface area contributed by atoms with Crippen LogP contribution < -0.4 is 5.32 Å². The fourth-order valence-electron chi connectivity index (χ4n) is 1.22. The van der Waals surface area contributed by atoms with Gasteiger partial charge in [-0.3, -0.25) is 5.10 Å². The van der Waals surface area contributed by atoms with Gasteiger partial charge in [0.1, 0.15) is 5.82 Å². The summed E-state index contributed by atoms with van der Waals surface area (Å²) in [6.07, 6.45) is 4.55. The molecule has 0 aliphatic heterocycles. The summed E-state index contributed by atoms with van der Waals surface area (Å²) in [5.41, 5.74) is 1.11. The van der Waals surface area contributed by atoms with Crippen LogP contribution in [0, 0.1) is 0 Å². The second-order valence-electron chi connectivity index (χ2n) is 3.27. The summed E-state index contributed by atoms with van der Waals surface area (Å²) in [6, 6.07) is 0.196. The molecule has 2 N–H and O–H groups in total. The maximum Gasteiger partial charge on any atom is 0.203 e. The number of rotatable bonds is 4. The van der Waals surface area contributed by atoms with Gasteiger partial charge in [0.2, 0.25) is 5.13 Å². The summed E-state index contributed by atoms with van der Waals surface area (Å²) < 4.78 is 4.21. The molecule has 0 fully saturated rings. The van der Waals surface area contributed by atoms with Gasteiger partial charge in [0.15, 0.2) is 0 Å². The Labute approximate surface area is 92.1 Å². The maximum atomic E-state index is 4.34. The number of aromatic nitrogens is 4. The number of aryl methyl sites for hydroxylation is 1. The van der Waals surface area contributed by atoms with Gasteiger partial charge in [-0.1, -0.05) is 6.92 Å².